The average Bonchev–Trinajstić information content (AvgIpc) is 3.21. The van der Waals surface area contributed by atoms with Crippen LogP contribution in [0.5, 0.6) is 0 Å². The highest BCUT2D eigenvalue weighted by Crippen LogP contribution is 2.56. The number of carboxylic acids is 1. The lowest BCUT2D eigenvalue weighted by molar-refractivity contribution is -0.131. The normalized spacial score (nSPS) is 29.5. The molecule has 1 aromatic carbocycles. The summed E-state index contributed by atoms with van der Waals surface area (Å²) in [4.78, 5) is 10.8. The van der Waals surface area contributed by atoms with Gasteiger partial charge in [-0.05, 0) is 70.6 Å². The number of hydrogen-bond acceptors (Lipinski definition) is 1. The summed E-state index contributed by atoms with van der Waals surface area (Å²) in [6.45, 7) is 13.6. The number of benzene rings is 1. The molecule has 0 spiro atoms. The molecule has 2 atom stereocenters. The fourth-order valence-corrected chi connectivity index (χ4v) is 4.46. The lowest BCUT2D eigenvalue weighted by Crippen LogP contribution is -2.34. The molecule has 0 bridgehead atoms. The second-order valence-corrected chi connectivity index (χ2v) is 9.84. The number of aliphatic carboxylic acids is 1. The van der Waals surface area contributed by atoms with E-state index in [0.29, 0.717) is 5.92 Å². The van der Waals surface area contributed by atoms with E-state index in [1.165, 1.54) is 35.6 Å². The molecule has 3 rings (SSSR count). The maximum absolute atomic E-state index is 10.8. The van der Waals surface area contributed by atoms with Crippen LogP contribution in [-0.2, 0) is 21.0 Å². The molecule has 0 saturated heterocycles. The largest absolute Gasteiger partial charge is 0.478 e. The monoisotopic (exact) mass is 352 g/mol. The van der Waals surface area contributed by atoms with Gasteiger partial charge in [-0.3, -0.25) is 0 Å². The van der Waals surface area contributed by atoms with Crippen molar-refractivity contribution in [2.45, 2.75) is 77.0 Å². The Hall–Kier alpha value is -1.83. The van der Waals surface area contributed by atoms with Crippen molar-refractivity contribution in [3.8, 4) is 0 Å². The minimum Gasteiger partial charge on any atom is -0.478 e. The molecule has 1 N–H and O–H groups in total. The topological polar surface area (TPSA) is 37.3 Å². The highest BCUT2D eigenvalue weighted by Gasteiger charge is 2.50. The highest BCUT2D eigenvalue weighted by molar-refractivity contribution is 5.81. The summed E-state index contributed by atoms with van der Waals surface area (Å²) in [6, 6.07) is 7.16. The van der Waals surface area contributed by atoms with Gasteiger partial charge < -0.3 is 5.11 Å². The van der Waals surface area contributed by atoms with Gasteiger partial charge in [0.15, 0.2) is 0 Å². The Labute approximate surface area is 158 Å². The van der Waals surface area contributed by atoms with E-state index in [4.69, 9.17) is 5.11 Å². The Morgan fingerprint density at radius 3 is 2.31 bits per heavy atom. The smallest absolute Gasteiger partial charge is 0.328 e. The molecule has 0 aliphatic heterocycles. The van der Waals surface area contributed by atoms with Crippen LogP contribution >= 0.6 is 0 Å². The van der Waals surface area contributed by atoms with E-state index >= 15 is 0 Å². The van der Waals surface area contributed by atoms with Crippen LogP contribution in [0.4, 0.5) is 0 Å². The molecule has 26 heavy (non-hydrogen) atoms. The van der Waals surface area contributed by atoms with Crippen LogP contribution < -0.4 is 0 Å². The van der Waals surface area contributed by atoms with Crippen LogP contribution in [0.25, 0.3) is 0 Å². The average molecular weight is 353 g/mol. The molecule has 2 aliphatic carbocycles. The molecule has 0 unspecified atom stereocenters. The molecule has 1 fully saturated rings. The van der Waals surface area contributed by atoms with E-state index in [9.17, 15) is 4.79 Å². The zero-order valence-corrected chi connectivity index (χ0v) is 17.0. The second-order valence-electron chi connectivity index (χ2n) is 9.84. The third kappa shape index (κ3) is 3.39. The molecular formula is C24H32O2. The van der Waals surface area contributed by atoms with Gasteiger partial charge in [0, 0.05) is 6.08 Å². The molecule has 2 nitrogen and oxygen atoms in total. The third-order valence-electron chi connectivity index (χ3n) is 6.76. The van der Waals surface area contributed by atoms with E-state index < -0.39 is 5.97 Å². The first-order chi connectivity index (χ1) is 12.0. The zero-order valence-electron chi connectivity index (χ0n) is 17.0. The van der Waals surface area contributed by atoms with Crippen molar-refractivity contribution in [1.82, 2.24) is 0 Å². The van der Waals surface area contributed by atoms with Crippen molar-refractivity contribution >= 4 is 5.97 Å². The standard InChI is InChI=1S/C24H32O2/c1-16(13-21(25)26)7-8-18-15-24(18,6)17-9-10-19-20(14-17)23(4,5)12-11-22(19,2)3/h7-10,13-14,18H,11-12,15H2,1-6H3,(H,25,26)/b8-7+,16-13+/t18-,24-/m0/s1. The van der Waals surface area contributed by atoms with Crippen molar-refractivity contribution in [1.29, 1.82) is 0 Å². The van der Waals surface area contributed by atoms with Crippen LogP contribution in [0, 0.1) is 5.92 Å². The van der Waals surface area contributed by atoms with Crippen molar-refractivity contribution < 1.29 is 9.90 Å². The molecule has 0 amide bonds. The molecular weight excluding hydrogens is 320 g/mol. The number of hydrogen-bond donors (Lipinski definition) is 1. The summed E-state index contributed by atoms with van der Waals surface area (Å²) in [5.74, 6) is -0.400. The number of fused-ring (bicyclic) bond motifs is 1. The van der Waals surface area contributed by atoms with Crippen molar-refractivity contribution in [2.24, 2.45) is 5.92 Å². The first kappa shape index (κ1) is 18.9. The minimum absolute atomic E-state index is 0.173. The Morgan fingerprint density at radius 2 is 1.69 bits per heavy atom. The Balaban J connectivity index is 1.88. The van der Waals surface area contributed by atoms with Gasteiger partial charge in [-0.15, -0.1) is 0 Å². The van der Waals surface area contributed by atoms with Crippen molar-refractivity contribution in [3.63, 3.8) is 0 Å². The predicted octanol–water partition coefficient (Wildman–Crippen LogP) is 5.90. The molecule has 2 aliphatic rings. The van der Waals surface area contributed by atoms with Gasteiger partial charge >= 0.3 is 5.97 Å². The summed E-state index contributed by atoms with van der Waals surface area (Å²) >= 11 is 0. The predicted molar refractivity (Wildman–Crippen MR) is 108 cm³/mol. The summed E-state index contributed by atoms with van der Waals surface area (Å²) in [7, 11) is 0. The summed E-state index contributed by atoms with van der Waals surface area (Å²) in [5.41, 5.74) is 5.91. The van der Waals surface area contributed by atoms with Gasteiger partial charge in [0.1, 0.15) is 0 Å². The summed E-state index contributed by atoms with van der Waals surface area (Å²) in [5, 5.41) is 8.84. The van der Waals surface area contributed by atoms with Crippen molar-refractivity contribution in [3.05, 3.63) is 58.7 Å². The van der Waals surface area contributed by atoms with E-state index in [0.717, 1.165) is 12.0 Å². The minimum atomic E-state index is -0.884. The Kier molecular flexibility index (Phi) is 4.45. The summed E-state index contributed by atoms with van der Waals surface area (Å²) < 4.78 is 0. The van der Waals surface area contributed by atoms with Crippen LogP contribution in [0.1, 0.15) is 77.5 Å². The molecule has 140 valence electrons. The van der Waals surface area contributed by atoms with Gasteiger partial charge in [-0.25, -0.2) is 4.79 Å². The first-order valence-corrected chi connectivity index (χ1v) is 9.71. The number of allylic oxidation sites excluding steroid dienone is 3. The van der Waals surface area contributed by atoms with Crippen molar-refractivity contribution in [2.75, 3.05) is 0 Å². The lowest BCUT2D eigenvalue weighted by atomic mass is 9.62. The lowest BCUT2D eigenvalue weighted by Gasteiger charge is -2.42. The second kappa shape index (κ2) is 6.11. The molecule has 2 heteroatoms. The van der Waals surface area contributed by atoms with Crippen LogP contribution in [-0.4, -0.2) is 11.1 Å². The summed E-state index contributed by atoms with van der Waals surface area (Å²) in [6.07, 6.45) is 9.00. The van der Waals surface area contributed by atoms with Gasteiger partial charge in [0.2, 0.25) is 0 Å². The fourth-order valence-electron chi connectivity index (χ4n) is 4.46. The van der Waals surface area contributed by atoms with E-state index in [-0.39, 0.29) is 16.2 Å². The molecule has 0 aromatic heterocycles. The number of carboxylic acid groups (broad SMARTS) is 1. The SMILES string of the molecule is CC(/C=C/[C@H]1C[C@@]1(C)c1ccc2c(c1)C(C)(C)CCC2(C)C)=C\C(=O)O. The quantitative estimate of drug-likeness (QED) is 0.541. The molecule has 0 heterocycles. The molecule has 1 aromatic rings. The van der Waals surface area contributed by atoms with Crippen LogP contribution in [0.15, 0.2) is 42.0 Å². The molecule has 0 radical (unpaired) electrons. The maximum Gasteiger partial charge on any atom is 0.328 e. The van der Waals surface area contributed by atoms with Crippen LogP contribution in [0.3, 0.4) is 0 Å². The van der Waals surface area contributed by atoms with E-state index in [1.54, 1.807) is 0 Å². The van der Waals surface area contributed by atoms with Gasteiger partial charge in [-0.1, -0.05) is 65.0 Å². The van der Waals surface area contributed by atoms with Gasteiger partial charge in [-0.2, -0.15) is 0 Å². The number of rotatable bonds is 4. The van der Waals surface area contributed by atoms with Gasteiger partial charge in [0.25, 0.3) is 0 Å². The fraction of sp³-hybridized carbons (Fsp3) is 0.542. The molecule has 1 saturated carbocycles. The third-order valence-corrected chi connectivity index (χ3v) is 6.76. The number of carbonyl (C=O) groups is 1. The zero-order chi connectivity index (χ0) is 19.3. The first-order valence-electron chi connectivity index (χ1n) is 9.71. The Bertz CT molecular complexity index is 794. The van der Waals surface area contributed by atoms with Gasteiger partial charge in [0.05, 0.1) is 0 Å². The van der Waals surface area contributed by atoms with E-state index in [2.05, 4.69) is 58.9 Å². The Morgan fingerprint density at radius 1 is 1.08 bits per heavy atom. The highest BCUT2D eigenvalue weighted by atomic mass is 16.4. The maximum atomic E-state index is 10.8. The van der Waals surface area contributed by atoms with Crippen LogP contribution in [0.2, 0.25) is 0 Å². The van der Waals surface area contributed by atoms with E-state index in [1.807, 2.05) is 13.0 Å².